The summed E-state index contributed by atoms with van der Waals surface area (Å²) in [4.78, 5) is 11.9. The van der Waals surface area contributed by atoms with Gasteiger partial charge in [0.05, 0.1) is 5.69 Å². The highest BCUT2D eigenvalue weighted by atomic mass is 19.1. The molecule has 4 nitrogen and oxygen atoms in total. The topological polar surface area (TPSA) is 47.8 Å². The Morgan fingerprint density at radius 3 is 2.94 bits per heavy atom. The number of hydrogen-bond donors (Lipinski definition) is 0. The number of carbonyl (C=O) groups is 1. The Morgan fingerprint density at radius 2 is 2.24 bits per heavy atom. The number of aryl methyl sites for hydroxylation is 1. The molecular formula is C12H18FN3O. The molecular weight excluding hydrogens is 221 g/mol. The molecule has 0 N–H and O–H groups in total. The van der Waals surface area contributed by atoms with Crippen LogP contribution < -0.4 is 0 Å². The third-order valence-electron chi connectivity index (χ3n) is 3.52. The molecule has 0 radical (unpaired) electrons. The fourth-order valence-corrected chi connectivity index (χ4v) is 2.47. The van der Waals surface area contributed by atoms with Crippen LogP contribution in [0, 0.1) is 0 Å². The second kappa shape index (κ2) is 4.55. The first-order valence-electron chi connectivity index (χ1n) is 6.21. The average Bonchev–Trinajstić information content (AvgIpc) is 2.66. The van der Waals surface area contributed by atoms with Crippen LogP contribution in [0.4, 0.5) is 4.39 Å². The number of ketones is 1. The lowest BCUT2D eigenvalue weighted by Gasteiger charge is -2.24. The molecule has 0 saturated carbocycles. The maximum Gasteiger partial charge on any atom is 0.213 e. The lowest BCUT2D eigenvalue weighted by atomic mass is 9.85. The van der Waals surface area contributed by atoms with Crippen LogP contribution >= 0.6 is 0 Å². The van der Waals surface area contributed by atoms with Crippen molar-refractivity contribution in [3.63, 3.8) is 0 Å². The zero-order chi connectivity index (χ0) is 12.5. The van der Waals surface area contributed by atoms with Crippen molar-refractivity contribution in [1.29, 1.82) is 0 Å². The molecule has 0 aliphatic heterocycles. The van der Waals surface area contributed by atoms with Gasteiger partial charge in [0.25, 0.3) is 0 Å². The van der Waals surface area contributed by atoms with Gasteiger partial charge in [-0.3, -0.25) is 9.48 Å². The van der Waals surface area contributed by atoms with Crippen molar-refractivity contribution in [3.05, 3.63) is 11.4 Å². The van der Waals surface area contributed by atoms with E-state index in [1.54, 1.807) is 18.7 Å². The predicted octanol–water partition coefficient (Wildman–Crippen LogP) is 2.08. The van der Waals surface area contributed by atoms with Gasteiger partial charge in [0, 0.05) is 13.5 Å². The molecule has 5 heteroatoms. The molecule has 1 aromatic heterocycles. The van der Waals surface area contributed by atoms with Gasteiger partial charge in [-0.25, -0.2) is 4.39 Å². The van der Waals surface area contributed by atoms with Crippen molar-refractivity contribution >= 4 is 5.78 Å². The fourth-order valence-electron chi connectivity index (χ4n) is 2.47. The van der Waals surface area contributed by atoms with Gasteiger partial charge in [-0.1, -0.05) is 18.6 Å². The molecule has 1 atom stereocenters. The standard InChI is InChI=1S/C12H18FN3O/c1-3-10(17)12(13)8-6-4-5-7-9-11(12)14-15-16(9)2/h3-8H2,1-2H3. The second-order valence-electron chi connectivity index (χ2n) is 4.65. The van der Waals surface area contributed by atoms with Crippen LogP contribution in [0.2, 0.25) is 0 Å². The lowest BCUT2D eigenvalue weighted by Crippen LogP contribution is -2.33. The van der Waals surface area contributed by atoms with Gasteiger partial charge in [0.15, 0.2) is 5.78 Å². The van der Waals surface area contributed by atoms with Crippen molar-refractivity contribution in [2.75, 3.05) is 0 Å². The van der Waals surface area contributed by atoms with Crippen LogP contribution in [-0.4, -0.2) is 20.8 Å². The summed E-state index contributed by atoms with van der Waals surface area (Å²) >= 11 is 0. The van der Waals surface area contributed by atoms with E-state index in [2.05, 4.69) is 10.3 Å². The summed E-state index contributed by atoms with van der Waals surface area (Å²) in [5.41, 5.74) is -0.890. The van der Waals surface area contributed by atoms with Gasteiger partial charge in [0.2, 0.25) is 5.67 Å². The van der Waals surface area contributed by atoms with E-state index in [1.807, 2.05) is 0 Å². The number of rotatable bonds is 2. The predicted molar refractivity (Wildman–Crippen MR) is 61.3 cm³/mol. The van der Waals surface area contributed by atoms with Gasteiger partial charge in [0.1, 0.15) is 5.69 Å². The number of carbonyl (C=O) groups excluding carboxylic acids is 1. The van der Waals surface area contributed by atoms with Crippen LogP contribution in [0.15, 0.2) is 0 Å². The van der Waals surface area contributed by atoms with Crippen molar-refractivity contribution < 1.29 is 9.18 Å². The Hall–Kier alpha value is -1.26. The molecule has 94 valence electrons. The van der Waals surface area contributed by atoms with Crippen LogP contribution in [0.1, 0.15) is 50.4 Å². The molecule has 2 rings (SSSR count). The zero-order valence-electron chi connectivity index (χ0n) is 10.4. The Balaban J connectivity index is 2.49. The highest BCUT2D eigenvalue weighted by Crippen LogP contribution is 2.36. The highest BCUT2D eigenvalue weighted by Gasteiger charge is 2.43. The molecule has 1 unspecified atom stereocenters. The Kier molecular flexibility index (Phi) is 3.26. The van der Waals surface area contributed by atoms with E-state index >= 15 is 0 Å². The fraction of sp³-hybridized carbons (Fsp3) is 0.750. The molecule has 1 aliphatic carbocycles. The largest absolute Gasteiger partial charge is 0.296 e. The SMILES string of the molecule is CCC(=O)C1(F)CCCCCc2c1nnn2C. The molecule has 1 aliphatic rings. The Labute approximate surface area is 100 Å². The number of alkyl halides is 1. The molecule has 0 bridgehead atoms. The summed E-state index contributed by atoms with van der Waals surface area (Å²) < 4.78 is 16.5. The summed E-state index contributed by atoms with van der Waals surface area (Å²) in [6, 6.07) is 0. The van der Waals surface area contributed by atoms with Crippen LogP contribution in [0.3, 0.4) is 0 Å². The van der Waals surface area contributed by atoms with Crippen LogP contribution in [-0.2, 0) is 23.9 Å². The quantitative estimate of drug-likeness (QED) is 0.793. The Bertz CT molecular complexity index is 429. The van der Waals surface area contributed by atoms with E-state index in [0.717, 1.165) is 31.4 Å². The first-order chi connectivity index (χ1) is 8.09. The minimum Gasteiger partial charge on any atom is -0.296 e. The molecule has 0 fully saturated rings. The summed E-state index contributed by atoms with van der Waals surface area (Å²) in [5, 5.41) is 7.77. The monoisotopic (exact) mass is 239 g/mol. The van der Waals surface area contributed by atoms with E-state index in [1.165, 1.54) is 0 Å². The molecule has 0 amide bonds. The first-order valence-corrected chi connectivity index (χ1v) is 6.21. The lowest BCUT2D eigenvalue weighted by molar-refractivity contribution is -0.132. The molecule has 1 heterocycles. The summed E-state index contributed by atoms with van der Waals surface area (Å²) in [7, 11) is 1.75. The Morgan fingerprint density at radius 1 is 1.47 bits per heavy atom. The number of aromatic nitrogens is 3. The summed E-state index contributed by atoms with van der Waals surface area (Å²) in [6.45, 7) is 1.69. The minimum atomic E-state index is -1.92. The maximum absolute atomic E-state index is 14.9. The number of Topliss-reactive ketones (excluding diaryl/α,β-unsaturated/α-hetero) is 1. The molecule has 17 heavy (non-hydrogen) atoms. The van der Waals surface area contributed by atoms with E-state index in [-0.39, 0.29) is 24.3 Å². The molecule has 0 saturated heterocycles. The maximum atomic E-state index is 14.9. The first kappa shape index (κ1) is 12.2. The van der Waals surface area contributed by atoms with Gasteiger partial charge in [-0.15, -0.1) is 5.10 Å². The molecule has 1 aromatic rings. The summed E-state index contributed by atoms with van der Waals surface area (Å²) in [5.74, 6) is -0.374. The van der Waals surface area contributed by atoms with Gasteiger partial charge >= 0.3 is 0 Å². The van der Waals surface area contributed by atoms with E-state index in [9.17, 15) is 9.18 Å². The van der Waals surface area contributed by atoms with Gasteiger partial charge < -0.3 is 0 Å². The third-order valence-corrected chi connectivity index (χ3v) is 3.52. The van der Waals surface area contributed by atoms with Crippen molar-refractivity contribution in [1.82, 2.24) is 15.0 Å². The second-order valence-corrected chi connectivity index (χ2v) is 4.65. The molecule has 0 aromatic carbocycles. The van der Waals surface area contributed by atoms with E-state index in [4.69, 9.17) is 0 Å². The van der Waals surface area contributed by atoms with Crippen molar-refractivity contribution in [2.45, 2.75) is 51.1 Å². The van der Waals surface area contributed by atoms with Crippen molar-refractivity contribution in [3.8, 4) is 0 Å². The normalized spacial score (nSPS) is 24.9. The number of fused-ring (bicyclic) bond motifs is 1. The number of hydrogen-bond acceptors (Lipinski definition) is 3. The van der Waals surface area contributed by atoms with E-state index < -0.39 is 5.67 Å². The smallest absolute Gasteiger partial charge is 0.213 e. The van der Waals surface area contributed by atoms with Crippen LogP contribution in [0.25, 0.3) is 0 Å². The van der Waals surface area contributed by atoms with Crippen LogP contribution in [0.5, 0.6) is 0 Å². The zero-order valence-corrected chi connectivity index (χ0v) is 10.4. The third kappa shape index (κ3) is 1.98. The highest BCUT2D eigenvalue weighted by molar-refractivity contribution is 5.88. The summed E-state index contributed by atoms with van der Waals surface area (Å²) in [6.07, 6.45) is 3.88. The number of nitrogens with zero attached hydrogens (tertiary/aromatic N) is 3. The van der Waals surface area contributed by atoms with Gasteiger partial charge in [-0.2, -0.15) is 0 Å². The minimum absolute atomic E-state index is 0.201. The van der Waals surface area contributed by atoms with Crippen molar-refractivity contribution in [2.24, 2.45) is 7.05 Å². The average molecular weight is 239 g/mol. The number of halogens is 1. The van der Waals surface area contributed by atoms with Gasteiger partial charge in [-0.05, 0) is 25.7 Å². The van der Waals surface area contributed by atoms with E-state index in [0.29, 0.717) is 0 Å². The molecule has 0 spiro atoms.